The minimum absolute atomic E-state index is 0.528. The van der Waals surface area contributed by atoms with Gasteiger partial charge >= 0.3 is 0 Å². The van der Waals surface area contributed by atoms with Crippen LogP contribution in [0, 0.1) is 26.0 Å². The van der Waals surface area contributed by atoms with Gasteiger partial charge in [-0.3, -0.25) is 0 Å². The fourth-order valence-corrected chi connectivity index (χ4v) is 5.04. The SMILES string of the molecule is Cc1ccc2c(ccc[n+]2[O-])c1-c1cc(-c2c(C)noc2C)cc2nc(C3CC3)n(C)c12. The van der Waals surface area contributed by atoms with Crippen molar-refractivity contribution in [2.45, 2.75) is 39.5 Å². The number of aryl methyl sites for hydroxylation is 4. The molecule has 0 spiro atoms. The fourth-order valence-electron chi connectivity index (χ4n) is 5.04. The van der Waals surface area contributed by atoms with E-state index >= 15 is 0 Å². The van der Waals surface area contributed by atoms with Crippen molar-refractivity contribution in [2.24, 2.45) is 7.05 Å². The van der Waals surface area contributed by atoms with Crippen LogP contribution in [0.3, 0.4) is 0 Å². The molecule has 0 radical (unpaired) electrons. The highest BCUT2D eigenvalue weighted by Gasteiger charge is 2.30. The first-order valence-electron chi connectivity index (χ1n) is 11.0. The predicted octanol–water partition coefficient (Wildman–Crippen LogP) is 5.48. The second-order valence-corrected chi connectivity index (χ2v) is 8.92. The van der Waals surface area contributed by atoms with Gasteiger partial charge in [0.05, 0.1) is 22.1 Å². The predicted molar refractivity (Wildman–Crippen MR) is 124 cm³/mol. The molecule has 0 bridgehead atoms. The Bertz CT molecular complexity index is 1520. The topological polar surface area (TPSA) is 70.8 Å². The third-order valence-electron chi connectivity index (χ3n) is 6.69. The molecule has 6 rings (SSSR count). The van der Waals surface area contributed by atoms with Gasteiger partial charge in [0.15, 0.2) is 6.20 Å². The lowest BCUT2D eigenvalue weighted by molar-refractivity contribution is -0.577. The monoisotopic (exact) mass is 424 g/mol. The van der Waals surface area contributed by atoms with Crippen LogP contribution in [0.1, 0.15) is 41.6 Å². The minimum Gasteiger partial charge on any atom is -0.618 e. The Hall–Kier alpha value is -3.67. The highest BCUT2D eigenvalue weighted by Crippen LogP contribution is 2.44. The second kappa shape index (κ2) is 6.66. The molecule has 1 aliphatic carbocycles. The van der Waals surface area contributed by atoms with Gasteiger partial charge in [0.25, 0.3) is 0 Å². The molecule has 1 aliphatic rings. The molecule has 3 aromatic heterocycles. The molecule has 5 aromatic rings. The van der Waals surface area contributed by atoms with Crippen molar-refractivity contribution in [3.63, 3.8) is 0 Å². The average molecular weight is 425 g/mol. The number of hydrogen-bond acceptors (Lipinski definition) is 4. The highest BCUT2D eigenvalue weighted by molar-refractivity contribution is 6.05. The van der Waals surface area contributed by atoms with Crippen LogP contribution in [-0.4, -0.2) is 14.7 Å². The summed E-state index contributed by atoms with van der Waals surface area (Å²) in [7, 11) is 2.11. The largest absolute Gasteiger partial charge is 0.618 e. The summed E-state index contributed by atoms with van der Waals surface area (Å²) in [5.41, 5.74) is 8.88. The summed E-state index contributed by atoms with van der Waals surface area (Å²) in [6.45, 7) is 6.01. The number of imidazole rings is 1. The molecule has 6 nitrogen and oxygen atoms in total. The Morgan fingerprint density at radius 1 is 1.09 bits per heavy atom. The van der Waals surface area contributed by atoms with Crippen molar-refractivity contribution in [2.75, 3.05) is 0 Å². The maximum absolute atomic E-state index is 12.5. The van der Waals surface area contributed by atoms with Gasteiger partial charge in [-0.1, -0.05) is 11.2 Å². The molecule has 3 heterocycles. The van der Waals surface area contributed by atoms with Crippen molar-refractivity contribution in [3.05, 3.63) is 70.6 Å². The molecule has 6 heteroatoms. The molecule has 32 heavy (non-hydrogen) atoms. The molecule has 0 amide bonds. The van der Waals surface area contributed by atoms with Crippen molar-refractivity contribution in [1.29, 1.82) is 0 Å². The Labute approximate surface area is 185 Å². The Morgan fingerprint density at radius 3 is 2.62 bits per heavy atom. The van der Waals surface area contributed by atoms with Crippen LogP contribution in [0.4, 0.5) is 0 Å². The summed E-state index contributed by atoms with van der Waals surface area (Å²) in [4.78, 5) is 5.06. The first-order valence-corrected chi connectivity index (χ1v) is 11.0. The van der Waals surface area contributed by atoms with E-state index in [1.54, 1.807) is 6.20 Å². The smallest absolute Gasteiger partial charge is 0.224 e. The van der Waals surface area contributed by atoms with Crippen LogP contribution in [0.2, 0.25) is 0 Å². The minimum atomic E-state index is 0.528. The molecule has 0 aliphatic heterocycles. The Kier molecular flexibility index (Phi) is 3.97. The molecule has 1 saturated carbocycles. The van der Waals surface area contributed by atoms with E-state index in [2.05, 4.69) is 35.8 Å². The first-order chi connectivity index (χ1) is 15.4. The van der Waals surface area contributed by atoms with Gasteiger partial charge in [0.1, 0.15) is 11.6 Å². The molecule has 160 valence electrons. The lowest BCUT2D eigenvalue weighted by atomic mass is 9.91. The standard InChI is InChI=1S/C26H24N4O2/c1-14-7-10-22-19(6-5-11-30(22)31)23(14)20-12-18(24-15(2)28-32-16(24)3)13-21-25(20)29(4)26(27-21)17-8-9-17/h5-7,10-13,17H,8-9H2,1-4H3. The lowest BCUT2D eigenvalue weighted by Gasteiger charge is -2.14. The van der Waals surface area contributed by atoms with E-state index in [1.807, 2.05) is 38.1 Å². The molecule has 0 atom stereocenters. The van der Waals surface area contributed by atoms with E-state index in [0.717, 1.165) is 66.2 Å². The number of fused-ring (bicyclic) bond motifs is 2. The Balaban J connectivity index is 1.76. The van der Waals surface area contributed by atoms with E-state index < -0.39 is 0 Å². The van der Waals surface area contributed by atoms with Crippen LogP contribution >= 0.6 is 0 Å². The molecule has 0 N–H and O–H groups in total. The van der Waals surface area contributed by atoms with Gasteiger partial charge in [0.2, 0.25) is 5.52 Å². The third-order valence-corrected chi connectivity index (χ3v) is 6.69. The number of nitrogens with zero attached hydrogens (tertiary/aromatic N) is 4. The molecular weight excluding hydrogens is 400 g/mol. The number of rotatable bonds is 3. The van der Waals surface area contributed by atoms with Crippen molar-refractivity contribution in [3.8, 4) is 22.3 Å². The molecule has 2 aromatic carbocycles. The van der Waals surface area contributed by atoms with Gasteiger partial charge in [0, 0.05) is 41.8 Å². The number of hydrogen-bond donors (Lipinski definition) is 0. The molecule has 0 unspecified atom stereocenters. The van der Waals surface area contributed by atoms with E-state index in [9.17, 15) is 5.21 Å². The van der Waals surface area contributed by atoms with E-state index in [0.29, 0.717) is 11.4 Å². The van der Waals surface area contributed by atoms with Crippen molar-refractivity contribution >= 4 is 21.9 Å². The normalized spacial score (nSPS) is 14.0. The van der Waals surface area contributed by atoms with Crippen LogP contribution in [0.15, 0.2) is 47.1 Å². The van der Waals surface area contributed by atoms with Crippen LogP contribution in [-0.2, 0) is 7.05 Å². The summed E-state index contributed by atoms with van der Waals surface area (Å²) in [6, 6.07) is 12.1. The summed E-state index contributed by atoms with van der Waals surface area (Å²) < 4.78 is 8.65. The average Bonchev–Trinajstić information content (AvgIpc) is 3.48. The van der Waals surface area contributed by atoms with Crippen molar-refractivity contribution < 1.29 is 9.25 Å². The zero-order valence-electron chi connectivity index (χ0n) is 18.6. The maximum atomic E-state index is 12.5. The lowest BCUT2D eigenvalue weighted by Crippen LogP contribution is -2.25. The van der Waals surface area contributed by atoms with Gasteiger partial charge in [-0.05, 0) is 62.9 Å². The van der Waals surface area contributed by atoms with Crippen LogP contribution < -0.4 is 4.73 Å². The van der Waals surface area contributed by atoms with Gasteiger partial charge in [-0.2, -0.15) is 4.73 Å². The summed E-state index contributed by atoms with van der Waals surface area (Å²) >= 11 is 0. The van der Waals surface area contributed by atoms with E-state index in [-0.39, 0.29) is 0 Å². The van der Waals surface area contributed by atoms with Gasteiger partial charge in [-0.15, -0.1) is 0 Å². The third kappa shape index (κ3) is 2.68. The molecular formula is C26H24N4O2. The Morgan fingerprint density at radius 2 is 1.91 bits per heavy atom. The first kappa shape index (κ1) is 19.0. The highest BCUT2D eigenvalue weighted by atomic mass is 16.5. The van der Waals surface area contributed by atoms with E-state index in [4.69, 9.17) is 9.51 Å². The molecule has 0 saturated heterocycles. The zero-order valence-corrected chi connectivity index (χ0v) is 18.6. The fraction of sp³-hybridized carbons (Fsp3) is 0.269. The van der Waals surface area contributed by atoms with E-state index in [1.165, 1.54) is 12.8 Å². The van der Waals surface area contributed by atoms with Gasteiger partial charge < -0.3 is 14.3 Å². The maximum Gasteiger partial charge on any atom is 0.224 e. The summed E-state index contributed by atoms with van der Waals surface area (Å²) in [5, 5.41) is 17.6. The van der Waals surface area contributed by atoms with Gasteiger partial charge in [-0.25, -0.2) is 4.98 Å². The number of aromatic nitrogens is 4. The zero-order chi connectivity index (χ0) is 22.1. The van der Waals surface area contributed by atoms with Crippen LogP contribution in [0.5, 0.6) is 0 Å². The quantitative estimate of drug-likeness (QED) is 0.284. The van der Waals surface area contributed by atoms with Crippen LogP contribution in [0.25, 0.3) is 44.2 Å². The second-order valence-electron chi connectivity index (χ2n) is 8.92. The summed E-state index contributed by atoms with van der Waals surface area (Å²) in [6.07, 6.45) is 3.92. The molecule has 1 fully saturated rings. The number of benzene rings is 2. The summed E-state index contributed by atoms with van der Waals surface area (Å²) in [5.74, 6) is 2.45. The van der Waals surface area contributed by atoms with Crippen molar-refractivity contribution in [1.82, 2.24) is 14.7 Å². The number of pyridine rings is 1.